The SMILES string of the molecule is CC/C(Br)=C\C(=C/C(=O)Br)CC(=C/C(=O)Br)/C=C(/Br)CC. The molecule has 6 heteroatoms. The minimum absolute atomic E-state index is 0.201. The predicted molar refractivity (Wildman–Crippen MR) is 103 cm³/mol. The molecule has 0 N–H and O–H groups in total. The average Bonchev–Trinajstić information content (AvgIpc) is 2.36. The van der Waals surface area contributed by atoms with Crippen LogP contribution in [-0.4, -0.2) is 9.39 Å². The Hall–Kier alpha value is 0.220. The molecule has 0 bridgehead atoms. The maximum atomic E-state index is 11.3. The zero-order chi connectivity index (χ0) is 16.4. The fourth-order valence-corrected chi connectivity index (χ4v) is 2.60. The van der Waals surface area contributed by atoms with Gasteiger partial charge in [-0.05, 0) is 95.5 Å². The van der Waals surface area contributed by atoms with Crippen LogP contribution in [0.4, 0.5) is 0 Å². The summed E-state index contributed by atoms with van der Waals surface area (Å²) < 4.78 is 1.58. The second-order valence-electron chi connectivity index (χ2n) is 4.11. The number of carbonyl (C=O) groups is 2. The van der Waals surface area contributed by atoms with Crippen LogP contribution in [0, 0.1) is 0 Å². The highest BCUT2D eigenvalue weighted by molar-refractivity contribution is 9.18. The molecule has 0 unspecified atom stereocenters. The van der Waals surface area contributed by atoms with Gasteiger partial charge in [-0.2, -0.15) is 0 Å². The number of hydrogen-bond donors (Lipinski definition) is 0. The first kappa shape index (κ1) is 21.2. The Morgan fingerprint density at radius 1 is 0.714 bits per heavy atom. The van der Waals surface area contributed by atoms with Crippen LogP contribution in [0.25, 0.3) is 0 Å². The molecule has 0 aliphatic rings. The second-order valence-corrected chi connectivity index (χ2v) is 7.71. The first-order chi connectivity index (χ1) is 9.78. The predicted octanol–water partition coefficient (Wildman–Crippen LogP) is 6.45. The maximum Gasteiger partial charge on any atom is 0.221 e. The summed E-state index contributed by atoms with van der Waals surface area (Å²) >= 11 is 12.7. The van der Waals surface area contributed by atoms with Crippen LogP contribution in [0.15, 0.2) is 44.4 Å². The number of halogens is 4. The molecule has 2 nitrogen and oxygen atoms in total. The monoisotopic (exact) mass is 544 g/mol. The van der Waals surface area contributed by atoms with Gasteiger partial charge in [-0.15, -0.1) is 0 Å². The molecular formula is C15H16Br4O2. The third-order valence-electron chi connectivity index (χ3n) is 2.37. The third kappa shape index (κ3) is 11.4. The van der Waals surface area contributed by atoms with Crippen LogP contribution < -0.4 is 0 Å². The first-order valence-corrected chi connectivity index (χ1v) is 9.47. The molecule has 0 aliphatic carbocycles. The Balaban J connectivity index is 5.52. The summed E-state index contributed by atoms with van der Waals surface area (Å²) in [4.78, 5) is 22.6. The number of rotatable bonds is 8. The van der Waals surface area contributed by atoms with Gasteiger partial charge in [-0.1, -0.05) is 45.7 Å². The van der Waals surface area contributed by atoms with E-state index in [1.165, 1.54) is 12.2 Å². The van der Waals surface area contributed by atoms with Gasteiger partial charge in [0.25, 0.3) is 0 Å². The van der Waals surface area contributed by atoms with Gasteiger partial charge in [-0.3, -0.25) is 9.59 Å². The lowest BCUT2D eigenvalue weighted by Gasteiger charge is -2.06. The van der Waals surface area contributed by atoms with E-state index in [1.807, 2.05) is 26.0 Å². The zero-order valence-electron chi connectivity index (χ0n) is 11.8. The van der Waals surface area contributed by atoms with E-state index < -0.39 is 0 Å². The number of carbonyl (C=O) groups excluding carboxylic acids is 2. The van der Waals surface area contributed by atoms with Crippen molar-refractivity contribution in [2.24, 2.45) is 0 Å². The lowest BCUT2D eigenvalue weighted by Crippen LogP contribution is -1.91. The van der Waals surface area contributed by atoms with Crippen molar-refractivity contribution in [2.75, 3.05) is 0 Å². The molecule has 0 amide bonds. The molecule has 21 heavy (non-hydrogen) atoms. The van der Waals surface area contributed by atoms with Crippen LogP contribution in [0.3, 0.4) is 0 Å². The Bertz CT molecular complexity index is 468. The molecule has 0 aromatic rings. The lowest BCUT2D eigenvalue weighted by atomic mass is 10.0. The van der Waals surface area contributed by atoms with Crippen LogP contribution in [0.2, 0.25) is 0 Å². The van der Waals surface area contributed by atoms with Crippen molar-refractivity contribution >= 4 is 73.1 Å². The van der Waals surface area contributed by atoms with E-state index in [2.05, 4.69) is 63.7 Å². The summed E-state index contributed by atoms with van der Waals surface area (Å²) in [6.07, 6.45) is 8.98. The summed E-state index contributed by atoms with van der Waals surface area (Å²) in [5.74, 6) is 0. The van der Waals surface area contributed by atoms with Gasteiger partial charge in [-0.25, -0.2) is 0 Å². The van der Waals surface area contributed by atoms with E-state index in [0.717, 1.165) is 33.0 Å². The quantitative estimate of drug-likeness (QED) is 0.199. The molecule has 0 rings (SSSR count). The van der Waals surface area contributed by atoms with Gasteiger partial charge in [0.05, 0.1) is 0 Å². The molecule has 0 saturated heterocycles. The zero-order valence-corrected chi connectivity index (χ0v) is 18.1. The van der Waals surface area contributed by atoms with Gasteiger partial charge in [0.1, 0.15) is 0 Å². The highest BCUT2D eigenvalue weighted by atomic mass is 79.9. The Labute approximate surface area is 159 Å². The first-order valence-electron chi connectivity index (χ1n) is 6.30. The van der Waals surface area contributed by atoms with Crippen molar-refractivity contribution in [3.8, 4) is 0 Å². The normalized spacial score (nSPS) is 14.4. The highest BCUT2D eigenvalue weighted by Gasteiger charge is 2.05. The molecule has 0 spiro atoms. The Morgan fingerprint density at radius 2 is 1.05 bits per heavy atom. The van der Waals surface area contributed by atoms with E-state index in [4.69, 9.17) is 0 Å². The van der Waals surface area contributed by atoms with Crippen LogP contribution in [0.1, 0.15) is 33.1 Å². The van der Waals surface area contributed by atoms with Crippen LogP contribution in [0.5, 0.6) is 0 Å². The lowest BCUT2D eigenvalue weighted by molar-refractivity contribution is -0.107. The van der Waals surface area contributed by atoms with Crippen molar-refractivity contribution < 1.29 is 9.59 Å². The number of allylic oxidation sites excluding steroid dienone is 8. The highest BCUT2D eigenvalue weighted by Crippen LogP contribution is 2.23. The fraction of sp³-hybridized carbons (Fsp3) is 0.333. The average molecular weight is 548 g/mol. The second kappa shape index (κ2) is 11.7. The molecular weight excluding hydrogens is 532 g/mol. The van der Waals surface area contributed by atoms with E-state index in [9.17, 15) is 9.59 Å². The summed E-state index contributed by atoms with van der Waals surface area (Å²) in [5.41, 5.74) is 1.64. The van der Waals surface area contributed by atoms with E-state index in [1.54, 1.807) is 0 Å². The molecule has 0 aromatic heterocycles. The standard InChI is InChI=1S/C15H16Br4O2/c1-3-12(16)6-10(8-14(18)20)5-11(9-15(19)21)7-13(17)4-2/h6-9H,3-5H2,1-2H3/b10-8-,11-9-,12-6+,13-7+. The number of hydrogen-bond acceptors (Lipinski definition) is 2. The van der Waals surface area contributed by atoms with Gasteiger partial charge < -0.3 is 0 Å². The Kier molecular flexibility index (Phi) is 11.9. The molecule has 0 fully saturated rings. The van der Waals surface area contributed by atoms with Crippen molar-refractivity contribution in [2.45, 2.75) is 33.1 Å². The smallest absolute Gasteiger partial charge is 0.221 e. The van der Waals surface area contributed by atoms with Gasteiger partial charge in [0.15, 0.2) is 0 Å². The summed E-state index contributed by atoms with van der Waals surface area (Å²) in [5, 5.41) is 0. The van der Waals surface area contributed by atoms with E-state index in [0.29, 0.717) is 6.42 Å². The molecule has 0 aromatic carbocycles. The molecule has 0 radical (unpaired) electrons. The molecule has 0 heterocycles. The fourth-order valence-electron chi connectivity index (χ4n) is 1.42. The molecule has 116 valence electrons. The molecule has 0 saturated carbocycles. The molecule has 0 atom stereocenters. The van der Waals surface area contributed by atoms with Crippen molar-refractivity contribution in [3.05, 3.63) is 44.4 Å². The maximum absolute atomic E-state index is 11.3. The third-order valence-corrected chi connectivity index (χ3v) is 4.40. The van der Waals surface area contributed by atoms with Crippen molar-refractivity contribution in [1.82, 2.24) is 0 Å². The van der Waals surface area contributed by atoms with Crippen molar-refractivity contribution in [3.63, 3.8) is 0 Å². The van der Waals surface area contributed by atoms with Crippen LogP contribution >= 0.6 is 63.7 Å². The van der Waals surface area contributed by atoms with Crippen molar-refractivity contribution in [1.29, 1.82) is 0 Å². The summed E-state index contributed by atoms with van der Waals surface area (Å²) in [7, 11) is 0. The van der Waals surface area contributed by atoms with Crippen LogP contribution in [-0.2, 0) is 9.59 Å². The van der Waals surface area contributed by atoms with E-state index >= 15 is 0 Å². The molecule has 0 aliphatic heterocycles. The Morgan fingerprint density at radius 3 is 1.29 bits per heavy atom. The minimum Gasteiger partial charge on any atom is -0.282 e. The van der Waals surface area contributed by atoms with Gasteiger partial charge >= 0.3 is 0 Å². The van der Waals surface area contributed by atoms with E-state index in [-0.39, 0.29) is 9.39 Å². The van der Waals surface area contributed by atoms with Gasteiger partial charge in [0, 0.05) is 0 Å². The topological polar surface area (TPSA) is 34.1 Å². The summed E-state index contributed by atoms with van der Waals surface area (Å²) in [6.45, 7) is 4.03. The minimum atomic E-state index is -0.201. The van der Waals surface area contributed by atoms with Gasteiger partial charge in [0.2, 0.25) is 9.39 Å². The summed E-state index contributed by atoms with van der Waals surface area (Å²) in [6, 6.07) is 0. The largest absolute Gasteiger partial charge is 0.282 e.